The molecule has 0 bridgehead atoms. The van der Waals surface area contributed by atoms with Crippen molar-refractivity contribution in [3.8, 4) is 10.4 Å². The van der Waals surface area contributed by atoms with Gasteiger partial charge in [0.05, 0.1) is 11.5 Å². The molecule has 4 nitrogen and oxygen atoms in total. The summed E-state index contributed by atoms with van der Waals surface area (Å²) >= 11 is 1.53. The van der Waals surface area contributed by atoms with Gasteiger partial charge in [0, 0.05) is 15.7 Å². The molecule has 1 aromatic heterocycles. The van der Waals surface area contributed by atoms with Gasteiger partial charge in [0.25, 0.3) is 0 Å². The van der Waals surface area contributed by atoms with Crippen LogP contribution in [0.15, 0.2) is 30.3 Å². The summed E-state index contributed by atoms with van der Waals surface area (Å²) in [5, 5.41) is 9.01. The smallest absolute Gasteiger partial charge is 0.335 e. The van der Waals surface area contributed by atoms with Gasteiger partial charge in [-0.3, -0.25) is 4.79 Å². The van der Waals surface area contributed by atoms with Gasteiger partial charge in [-0.05, 0) is 61.4 Å². The standard InChI is InChI=1S/C21H22O4S/c1-12-3-4-16(9-12)20(23)18(11-22)17-10-19(26-13(17)2)14-5-7-15(8-6-14)21(24)25/h5-8,10-12,16,18H,3-4,9H2,1-2H3,(H,24,25)/t12-,16-,18?/m1/s1. The van der Waals surface area contributed by atoms with Gasteiger partial charge in [-0.1, -0.05) is 19.1 Å². The van der Waals surface area contributed by atoms with Gasteiger partial charge in [0.1, 0.15) is 6.29 Å². The SMILES string of the molecule is Cc1sc(-c2ccc(C(=O)O)cc2)cc1C(C=O)C(=O)[C@@H]1CC[C@@H](C)C1. The molecule has 1 aromatic carbocycles. The van der Waals surface area contributed by atoms with Gasteiger partial charge in [0.2, 0.25) is 0 Å². The first-order valence-electron chi connectivity index (χ1n) is 8.83. The topological polar surface area (TPSA) is 71.4 Å². The fourth-order valence-electron chi connectivity index (χ4n) is 3.74. The number of ketones is 1. The summed E-state index contributed by atoms with van der Waals surface area (Å²) in [5.74, 6) is -1.09. The van der Waals surface area contributed by atoms with Gasteiger partial charge in [0.15, 0.2) is 5.78 Å². The Kier molecular flexibility index (Phi) is 5.37. The maximum Gasteiger partial charge on any atom is 0.335 e. The van der Waals surface area contributed by atoms with Crippen LogP contribution in [0.5, 0.6) is 0 Å². The Hall–Kier alpha value is -2.27. The van der Waals surface area contributed by atoms with Gasteiger partial charge < -0.3 is 9.90 Å². The highest BCUT2D eigenvalue weighted by Gasteiger charge is 2.34. The Morgan fingerprint density at radius 3 is 2.46 bits per heavy atom. The van der Waals surface area contributed by atoms with E-state index in [-0.39, 0.29) is 17.3 Å². The van der Waals surface area contributed by atoms with Crippen molar-refractivity contribution < 1.29 is 19.5 Å². The molecule has 1 N–H and O–H groups in total. The summed E-state index contributed by atoms with van der Waals surface area (Å²) < 4.78 is 0. The lowest BCUT2D eigenvalue weighted by atomic mass is 9.87. The van der Waals surface area contributed by atoms with E-state index in [1.54, 1.807) is 24.3 Å². The molecule has 1 fully saturated rings. The van der Waals surface area contributed by atoms with Crippen molar-refractivity contribution in [2.24, 2.45) is 11.8 Å². The van der Waals surface area contributed by atoms with Crippen molar-refractivity contribution in [3.05, 3.63) is 46.3 Å². The van der Waals surface area contributed by atoms with Gasteiger partial charge >= 0.3 is 5.97 Å². The molecular formula is C21H22O4S. The number of hydrogen-bond acceptors (Lipinski definition) is 4. The van der Waals surface area contributed by atoms with Gasteiger partial charge in [-0.2, -0.15) is 0 Å². The van der Waals surface area contributed by atoms with Crippen LogP contribution in [0.25, 0.3) is 10.4 Å². The highest BCUT2D eigenvalue weighted by Crippen LogP contribution is 2.38. The number of carbonyl (C=O) groups excluding carboxylic acids is 2. The molecule has 1 saturated carbocycles. The van der Waals surface area contributed by atoms with Gasteiger partial charge in [-0.15, -0.1) is 11.3 Å². The third kappa shape index (κ3) is 3.63. The normalized spacial score (nSPS) is 20.7. The number of thiophene rings is 1. The minimum atomic E-state index is -0.961. The molecule has 3 rings (SSSR count). The molecule has 26 heavy (non-hydrogen) atoms. The molecule has 1 aliphatic rings. The number of hydrogen-bond donors (Lipinski definition) is 1. The number of aromatic carboxylic acids is 1. The molecule has 1 unspecified atom stereocenters. The van der Waals surface area contributed by atoms with E-state index < -0.39 is 11.9 Å². The monoisotopic (exact) mass is 370 g/mol. The average Bonchev–Trinajstić information content (AvgIpc) is 3.22. The lowest BCUT2D eigenvalue weighted by molar-refractivity contribution is -0.127. The van der Waals surface area contributed by atoms with E-state index in [0.29, 0.717) is 5.92 Å². The van der Waals surface area contributed by atoms with Crippen LogP contribution in [0, 0.1) is 18.8 Å². The summed E-state index contributed by atoms with van der Waals surface area (Å²) in [5.41, 5.74) is 1.91. The average molecular weight is 370 g/mol. The van der Waals surface area contributed by atoms with E-state index >= 15 is 0 Å². The van der Waals surface area contributed by atoms with Crippen LogP contribution in [0.1, 0.15) is 52.9 Å². The highest BCUT2D eigenvalue weighted by atomic mass is 32.1. The lowest BCUT2D eigenvalue weighted by Crippen LogP contribution is -2.21. The second-order valence-electron chi connectivity index (χ2n) is 7.14. The van der Waals surface area contributed by atoms with Crippen LogP contribution in [-0.2, 0) is 9.59 Å². The molecule has 3 atom stereocenters. The van der Waals surface area contributed by atoms with Crippen molar-refractivity contribution >= 4 is 29.4 Å². The predicted molar refractivity (Wildman–Crippen MR) is 102 cm³/mol. The number of aldehydes is 1. The number of aryl methyl sites for hydroxylation is 1. The Bertz CT molecular complexity index is 834. The first-order valence-corrected chi connectivity index (χ1v) is 9.65. The lowest BCUT2D eigenvalue weighted by Gasteiger charge is -2.14. The minimum absolute atomic E-state index is 0.0159. The summed E-state index contributed by atoms with van der Waals surface area (Å²) in [7, 11) is 0. The van der Waals surface area contributed by atoms with Crippen LogP contribution in [-0.4, -0.2) is 23.1 Å². The van der Waals surface area contributed by atoms with E-state index in [1.165, 1.54) is 11.3 Å². The van der Waals surface area contributed by atoms with Crippen LogP contribution in [0.4, 0.5) is 0 Å². The van der Waals surface area contributed by atoms with Gasteiger partial charge in [-0.25, -0.2) is 4.79 Å². The van der Waals surface area contributed by atoms with Crippen molar-refractivity contribution in [2.75, 3.05) is 0 Å². The van der Waals surface area contributed by atoms with Crippen LogP contribution in [0.3, 0.4) is 0 Å². The Balaban J connectivity index is 1.87. The maximum absolute atomic E-state index is 12.8. The predicted octanol–water partition coefficient (Wildman–Crippen LogP) is 4.71. The number of carboxylic acid groups (broad SMARTS) is 1. The Morgan fingerprint density at radius 2 is 1.92 bits per heavy atom. The van der Waals surface area contributed by atoms with Crippen LogP contribution < -0.4 is 0 Å². The number of benzene rings is 1. The first-order chi connectivity index (χ1) is 12.4. The molecule has 0 radical (unpaired) electrons. The number of rotatable bonds is 6. The summed E-state index contributed by atoms with van der Waals surface area (Å²) in [6, 6.07) is 8.55. The molecule has 5 heteroatoms. The van der Waals surface area contributed by atoms with Crippen molar-refractivity contribution in [3.63, 3.8) is 0 Å². The quantitative estimate of drug-likeness (QED) is 0.590. The molecule has 0 spiro atoms. The zero-order valence-electron chi connectivity index (χ0n) is 14.9. The molecule has 0 saturated heterocycles. The second-order valence-corrected chi connectivity index (χ2v) is 8.39. The molecule has 2 aromatic rings. The molecule has 1 aliphatic carbocycles. The highest BCUT2D eigenvalue weighted by molar-refractivity contribution is 7.15. The van der Waals surface area contributed by atoms with Crippen LogP contribution >= 0.6 is 11.3 Å². The fraction of sp³-hybridized carbons (Fsp3) is 0.381. The number of carboxylic acids is 1. The zero-order chi connectivity index (χ0) is 18.8. The van der Waals surface area contributed by atoms with Crippen molar-refractivity contribution in [1.29, 1.82) is 0 Å². The van der Waals surface area contributed by atoms with E-state index in [2.05, 4.69) is 6.92 Å². The van der Waals surface area contributed by atoms with Crippen molar-refractivity contribution in [1.82, 2.24) is 0 Å². The zero-order valence-corrected chi connectivity index (χ0v) is 15.7. The first kappa shape index (κ1) is 18.5. The molecule has 0 aliphatic heterocycles. The Labute approximate surface area is 156 Å². The molecule has 1 heterocycles. The van der Waals surface area contributed by atoms with E-state index in [1.807, 2.05) is 13.0 Å². The fourth-order valence-corrected chi connectivity index (χ4v) is 4.81. The van der Waals surface area contributed by atoms with Crippen molar-refractivity contribution in [2.45, 2.75) is 39.0 Å². The van der Waals surface area contributed by atoms with E-state index in [0.717, 1.165) is 46.4 Å². The largest absolute Gasteiger partial charge is 0.478 e. The van der Waals surface area contributed by atoms with E-state index in [9.17, 15) is 14.4 Å². The van der Waals surface area contributed by atoms with Crippen LogP contribution in [0.2, 0.25) is 0 Å². The Morgan fingerprint density at radius 1 is 1.23 bits per heavy atom. The second kappa shape index (κ2) is 7.54. The minimum Gasteiger partial charge on any atom is -0.478 e. The molecule has 136 valence electrons. The third-order valence-electron chi connectivity index (χ3n) is 5.25. The summed E-state index contributed by atoms with van der Waals surface area (Å²) in [6.07, 6.45) is 3.57. The number of carbonyl (C=O) groups is 3. The number of Topliss-reactive ketones (excluding diaryl/α,β-unsaturated/α-hetero) is 1. The third-order valence-corrected chi connectivity index (χ3v) is 6.36. The maximum atomic E-state index is 12.8. The summed E-state index contributed by atoms with van der Waals surface area (Å²) in [4.78, 5) is 37.5. The summed E-state index contributed by atoms with van der Waals surface area (Å²) in [6.45, 7) is 4.08. The van der Waals surface area contributed by atoms with E-state index in [4.69, 9.17) is 5.11 Å². The molecule has 0 amide bonds. The molecular weight excluding hydrogens is 348 g/mol.